The maximum Gasteiger partial charge on any atom is 0.330 e. The SMILES string of the molecule is CC(C)CN(C(=O)CN1CCC(c2nc3ccccc3o2)CC1)c1c(N)n(CC(C)C)c(=O)[nH]c1=O. The number of para-hydroxylation sites is 2. The first-order chi connectivity index (χ1) is 17.1. The zero-order chi connectivity index (χ0) is 26.0. The third-order valence-corrected chi connectivity index (χ3v) is 6.49. The van der Waals surface area contributed by atoms with Crippen LogP contribution in [0.2, 0.25) is 0 Å². The summed E-state index contributed by atoms with van der Waals surface area (Å²) >= 11 is 0. The molecule has 1 aromatic carbocycles. The van der Waals surface area contributed by atoms with E-state index in [0.717, 1.165) is 29.8 Å². The number of amides is 1. The number of oxazole rings is 1. The molecule has 0 saturated carbocycles. The summed E-state index contributed by atoms with van der Waals surface area (Å²) in [6, 6.07) is 7.73. The summed E-state index contributed by atoms with van der Waals surface area (Å²) in [5, 5.41) is 0. The number of likely N-dealkylation sites (tertiary alicyclic amines) is 1. The lowest BCUT2D eigenvalue weighted by Gasteiger charge is -2.33. The zero-order valence-corrected chi connectivity index (χ0v) is 21.5. The van der Waals surface area contributed by atoms with E-state index in [-0.39, 0.29) is 41.7 Å². The second-order valence-corrected chi connectivity index (χ2v) is 10.5. The number of fused-ring (bicyclic) bond motifs is 1. The van der Waals surface area contributed by atoms with E-state index in [4.69, 9.17) is 10.2 Å². The Morgan fingerprint density at radius 1 is 1.17 bits per heavy atom. The van der Waals surface area contributed by atoms with Gasteiger partial charge in [-0.1, -0.05) is 39.8 Å². The predicted molar refractivity (Wildman–Crippen MR) is 140 cm³/mol. The van der Waals surface area contributed by atoms with Gasteiger partial charge in [0.15, 0.2) is 17.2 Å². The van der Waals surface area contributed by atoms with Crippen LogP contribution in [0.4, 0.5) is 11.5 Å². The van der Waals surface area contributed by atoms with E-state index in [1.807, 2.05) is 52.0 Å². The van der Waals surface area contributed by atoms with Crippen molar-refractivity contribution >= 4 is 28.5 Å². The van der Waals surface area contributed by atoms with Crippen molar-refractivity contribution in [2.75, 3.05) is 36.8 Å². The largest absolute Gasteiger partial charge is 0.440 e. The first kappa shape index (κ1) is 25.7. The van der Waals surface area contributed by atoms with Crippen molar-refractivity contribution in [1.82, 2.24) is 19.4 Å². The van der Waals surface area contributed by atoms with E-state index in [0.29, 0.717) is 26.2 Å². The van der Waals surface area contributed by atoms with Gasteiger partial charge in [-0.2, -0.15) is 0 Å². The van der Waals surface area contributed by atoms with E-state index in [1.165, 1.54) is 9.47 Å². The predicted octanol–water partition coefficient (Wildman–Crippen LogP) is 2.78. The number of nitrogen functional groups attached to an aromatic ring is 1. The maximum atomic E-state index is 13.5. The maximum absolute atomic E-state index is 13.5. The monoisotopic (exact) mass is 496 g/mol. The molecule has 1 aliphatic rings. The molecule has 0 unspecified atom stereocenters. The average Bonchev–Trinajstić information content (AvgIpc) is 3.25. The van der Waals surface area contributed by atoms with Crippen molar-refractivity contribution < 1.29 is 9.21 Å². The molecule has 194 valence electrons. The summed E-state index contributed by atoms with van der Waals surface area (Å²) in [6.07, 6.45) is 1.65. The topological polar surface area (TPSA) is 130 Å². The molecule has 4 rings (SSSR count). The third kappa shape index (κ3) is 5.53. The van der Waals surface area contributed by atoms with E-state index in [9.17, 15) is 14.4 Å². The number of hydrogen-bond donors (Lipinski definition) is 2. The molecule has 1 aliphatic heterocycles. The number of H-pyrrole nitrogens is 1. The highest BCUT2D eigenvalue weighted by atomic mass is 16.3. The highest BCUT2D eigenvalue weighted by Crippen LogP contribution is 2.30. The molecule has 0 radical (unpaired) electrons. The van der Waals surface area contributed by atoms with Crippen LogP contribution < -0.4 is 21.9 Å². The number of carbonyl (C=O) groups excluding carboxylic acids is 1. The van der Waals surface area contributed by atoms with E-state index >= 15 is 0 Å². The van der Waals surface area contributed by atoms with Gasteiger partial charge in [-0.15, -0.1) is 0 Å². The lowest BCUT2D eigenvalue weighted by molar-refractivity contribution is -0.120. The Hall–Kier alpha value is -3.40. The Kier molecular flexibility index (Phi) is 7.63. The summed E-state index contributed by atoms with van der Waals surface area (Å²) in [7, 11) is 0. The van der Waals surface area contributed by atoms with Crippen LogP contribution in [-0.2, 0) is 11.3 Å². The van der Waals surface area contributed by atoms with Gasteiger partial charge in [0.25, 0.3) is 5.56 Å². The number of nitrogens with zero attached hydrogens (tertiary/aromatic N) is 4. The fourth-order valence-electron chi connectivity index (χ4n) is 4.75. The standard InChI is InChI=1S/C26H36N6O4/c1-16(2)13-31(22-23(27)32(14-17(3)4)26(35)29-24(22)34)21(33)15-30-11-9-18(10-12-30)25-28-19-7-5-6-8-20(19)36-25/h5-8,16-18H,9-15,27H2,1-4H3,(H,29,34,35). The number of rotatable bonds is 8. The molecular weight excluding hydrogens is 460 g/mol. The Labute approximate surface area is 210 Å². The number of hydrogen-bond acceptors (Lipinski definition) is 7. The fraction of sp³-hybridized carbons (Fsp3) is 0.538. The summed E-state index contributed by atoms with van der Waals surface area (Å²) in [4.78, 5) is 49.2. The van der Waals surface area contributed by atoms with Gasteiger partial charge in [-0.05, 0) is 49.9 Å². The number of nitrogens with two attached hydrogens (primary N) is 1. The second-order valence-electron chi connectivity index (χ2n) is 10.5. The van der Waals surface area contributed by atoms with Gasteiger partial charge in [0, 0.05) is 19.0 Å². The Bertz CT molecular complexity index is 1300. The molecule has 0 spiro atoms. The molecule has 10 nitrogen and oxygen atoms in total. The molecule has 3 N–H and O–H groups in total. The highest BCUT2D eigenvalue weighted by Gasteiger charge is 2.29. The highest BCUT2D eigenvalue weighted by molar-refractivity contribution is 5.96. The van der Waals surface area contributed by atoms with Crippen LogP contribution in [0.25, 0.3) is 11.1 Å². The number of carbonyl (C=O) groups is 1. The summed E-state index contributed by atoms with van der Waals surface area (Å²) < 4.78 is 7.29. The molecule has 3 heterocycles. The smallest absolute Gasteiger partial charge is 0.330 e. The Morgan fingerprint density at radius 2 is 1.86 bits per heavy atom. The van der Waals surface area contributed by atoms with Crippen LogP contribution in [0.1, 0.15) is 52.3 Å². The van der Waals surface area contributed by atoms with Crippen molar-refractivity contribution in [1.29, 1.82) is 0 Å². The van der Waals surface area contributed by atoms with Gasteiger partial charge in [-0.25, -0.2) is 9.78 Å². The molecule has 2 aromatic heterocycles. The van der Waals surface area contributed by atoms with Crippen molar-refractivity contribution in [3.63, 3.8) is 0 Å². The molecule has 0 aliphatic carbocycles. The molecule has 1 saturated heterocycles. The summed E-state index contributed by atoms with van der Waals surface area (Å²) in [5.74, 6) is 1.00. The lowest BCUT2D eigenvalue weighted by atomic mass is 9.97. The average molecular weight is 497 g/mol. The van der Waals surface area contributed by atoms with Crippen LogP contribution in [0.5, 0.6) is 0 Å². The first-order valence-electron chi connectivity index (χ1n) is 12.6. The van der Waals surface area contributed by atoms with Gasteiger partial charge in [0.2, 0.25) is 5.91 Å². The van der Waals surface area contributed by atoms with Crippen LogP contribution in [0.15, 0.2) is 38.3 Å². The van der Waals surface area contributed by atoms with E-state index in [2.05, 4.69) is 14.9 Å². The van der Waals surface area contributed by atoms with Gasteiger partial charge in [0.05, 0.1) is 6.54 Å². The molecule has 3 aromatic rings. The number of aromatic nitrogens is 3. The van der Waals surface area contributed by atoms with Crippen LogP contribution in [-0.4, -0.2) is 51.5 Å². The van der Waals surface area contributed by atoms with Gasteiger partial charge < -0.3 is 15.1 Å². The van der Waals surface area contributed by atoms with Crippen LogP contribution >= 0.6 is 0 Å². The Morgan fingerprint density at radius 3 is 2.50 bits per heavy atom. The number of aromatic amines is 1. The molecular formula is C26H36N6O4. The number of nitrogens with one attached hydrogen (secondary N) is 1. The van der Waals surface area contributed by atoms with Crippen molar-refractivity contribution in [2.24, 2.45) is 11.8 Å². The van der Waals surface area contributed by atoms with Crippen molar-refractivity contribution in [3.8, 4) is 0 Å². The normalized spacial score (nSPS) is 15.3. The fourth-order valence-corrected chi connectivity index (χ4v) is 4.75. The molecule has 0 atom stereocenters. The molecule has 0 bridgehead atoms. The number of benzene rings is 1. The molecule has 1 fully saturated rings. The van der Waals surface area contributed by atoms with Crippen LogP contribution in [0.3, 0.4) is 0 Å². The van der Waals surface area contributed by atoms with Crippen molar-refractivity contribution in [2.45, 2.75) is 53.0 Å². The minimum absolute atomic E-state index is 0.0288. The summed E-state index contributed by atoms with van der Waals surface area (Å²) in [6.45, 7) is 10.1. The minimum atomic E-state index is -0.638. The van der Waals surface area contributed by atoms with Crippen LogP contribution in [0, 0.1) is 11.8 Å². The lowest BCUT2D eigenvalue weighted by Crippen LogP contribution is -2.47. The minimum Gasteiger partial charge on any atom is -0.440 e. The van der Waals surface area contributed by atoms with Gasteiger partial charge in [-0.3, -0.25) is 24.0 Å². The third-order valence-electron chi connectivity index (χ3n) is 6.49. The van der Waals surface area contributed by atoms with E-state index < -0.39 is 11.2 Å². The second kappa shape index (κ2) is 10.7. The van der Waals surface area contributed by atoms with Crippen molar-refractivity contribution in [3.05, 3.63) is 51.0 Å². The molecule has 36 heavy (non-hydrogen) atoms. The van der Waals surface area contributed by atoms with Gasteiger partial charge in [0.1, 0.15) is 11.3 Å². The Balaban J connectivity index is 1.49. The molecule has 10 heteroatoms. The quantitative estimate of drug-likeness (QED) is 0.490. The zero-order valence-electron chi connectivity index (χ0n) is 21.5. The molecule has 1 amide bonds. The number of piperidine rings is 1. The van der Waals surface area contributed by atoms with E-state index in [1.54, 1.807) is 0 Å². The summed E-state index contributed by atoms with van der Waals surface area (Å²) in [5.41, 5.74) is 6.81. The number of anilines is 2. The van der Waals surface area contributed by atoms with Gasteiger partial charge >= 0.3 is 5.69 Å². The first-order valence-corrected chi connectivity index (χ1v) is 12.6.